The molecular weight excluding hydrogens is 195 g/mol. The predicted octanol–water partition coefficient (Wildman–Crippen LogP) is 2.59. The molecule has 1 unspecified atom stereocenters. The Morgan fingerprint density at radius 2 is 2.00 bits per heavy atom. The third kappa shape index (κ3) is 2.55. The van der Waals surface area contributed by atoms with Gasteiger partial charge in [0.25, 0.3) is 0 Å². The van der Waals surface area contributed by atoms with Gasteiger partial charge in [0, 0.05) is 7.11 Å². The number of halogens is 1. The van der Waals surface area contributed by atoms with Crippen LogP contribution in [-0.2, 0) is 4.74 Å². The van der Waals surface area contributed by atoms with Gasteiger partial charge < -0.3 is 9.84 Å². The molecule has 0 spiro atoms. The second kappa shape index (κ2) is 4.29. The highest BCUT2D eigenvalue weighted by Gasteiger charge is 2.29. The smallest absolute Gasteiger partial charge is 0.123 e. The Morgan fingerprint density at radius 1 is 1.40 bits per heavy atom. The van der Waals surface area contributed by atoms with Crippen molar-refractivity contribution in [2.24, 2.45) is 0 Å². The molecule has 0 radical (unpaired) electrons. The molecule has 15 heavy (non-hydrogen) atoms. The van der Waals surface area contributed by atoms with E-state index in [2.05, 4.69) is 0 Å². The van der Waals surface area contributed by atoms with Crippen LogP contribution in [0.15, 0.2) is 18.2 Å². The minimum Gasteiger partial charge on any atom is -0.385 e. The Balaban J connectivity index is 3.06. The van der Waals surface area contributed by atoms with Crippen molar-refractivity contribution in [2.75, 3.05) is 7.11 Å². The van der Waals surface area contributed by atoms with Crippen molar-refractivity contribution in [2.45, 2.75) is 32.5 Å². The summed E-state index contributed by atoms with van der Waals surface area (Å²) in [5, 5.41) is 10.1. The maximum atomic E-state index is 12.9. The van der Waals surface area contributed by atoms with Gasteiger partial charge in [-0.05, 0) is 44.0 Å². The highest BCUT2D eigenvalue weighted by atomic mass is 19.1. The van der Waals surface area contributed by atoms with Crippen molar-refractivity contribution in [1.82, 2.24) is 0 Å². The van der Waals surface area contributed by atoms with E-state index in [0.29, 0.717) is 5.56 Å². The molecule has 84 valence electrons. The van der Waals surface area contributed by atoms with Gasteiger partial charge in [-0.15, -0.1) is 0 Å². The summed E-state index contributed by atoms with van der Waals surface area (Å²) < 4.78 is 18.1. The molecule has 0 aliphatic rings. The van der Waals surface area contributed by atoms with Gasteiger partial charge in [0.05, 0.1) is 5.60 Å². The molecule has 0 aromatic heterocycles. The van der Waals surface area contributed by atoms with Crippen molar-refractivity contribution in [3.63, 3.8) is 0 Å². The largest absolute Gasteiger partial charge is 0.385 e. The Bertz CT molecular complexity index is 347. The first-order valence-electron chi connectivity index (χ1n) is 4.87. The second-order valence-corrected chi connectivity index (χ2v) is 4.21. The van der Waals surface area contributed by atoms with Crippen LogP contribution in [-0.4, -0.2) is 17.8 Å². The van der Waals surface area contributed by atoms with Crippen molar-refractivity contribution in [3.05, 3.63) is 35.1 Å². The van der Waals surface area contributed by atoms with E-state index in [-0.39, 0.29) is 5.82 Å². The van der Waals surface area contributed by atoms with Gasteiger partial charge in [0.15, 0.2) is 0 Å². The summed E-state index contributed by atoms with van der Waals surface area (Å²) in [6.45, 7) is 5.36. The Kier molecular flexibility index (Phi) is 3.47. The summed E-state index contributed by atoms with van der Waals surface area (Å²) in [4.78, 5) is 0. The van der Waals surface area contributed by atoms with Crippen molar-refractivity contribution in [1.29, 1.82) is 0 Å². The van der Waals surface area contributed by atoms with Gasteiger partial charge in [0.1, 0.15) is 11.9 Å². The summed E-state index contributed by atoms with van der Waals surface area (Å²) in [6, 6.07) is 4.34. The number of aryl methyl sites for hydroxylation is 1. The van der Waals surface area contributed by atoms with E-state index in [0.717, 1.165) is 5.56 Å². The van der Waals surface area contributed by atoms with Crippen molar-refractivity contribution in [3.8, 4) is 0 Å². The first-order valence-corrected chi connectivity index (χ1v) is 4.87. The number of aliphatic hydroxyl groups is 1. The molecule has 1 aromatic rings. The van der Waals surface area contributed by atoms with Gasteiger partial charge in [-0.3, -0.25) is 0 Å². The molecular formula is C12H17FO2. The molecule has 2 nitrogen and oxygen atoms in total. The lowest BCUT2D eigenvalue weighted by atomic mass is 9.91. The van der Waals surface area contributed by atoms with E-state index in [1.165, 1.54) is 12.1 Å². The lowest BCUT2D eigenvalue weighted by Crippen LogP contribution is -2.31. The van der Waals surface area contributed by atoms with Crippen LogP contribution in [0.25, 0.3) is 0 Å². The quantitative estimate of drug-likeness (QED) is 0.834. The molecule has 0 saturated heterocycles. The van der Waals surface area contributed by atoms with Crippen LogP contribution in [0.5, 0.6) is 0 Å². The third-order valence-electron chi connectivity index (χ3n) is 2.71. The zero-order valence-electron chi connectivity index (χ0n) is 9.54. The molecule has 0 saturated carbocycles. The number of benzene rings is 1. The maximum absolute atomic E-state index is 12.9. The van der Waals surface area contributed by atoms with Crippen LogP contribution in [0.4, 0.5) is 4.39 Å². The topological polar surface area (TPSA) is 29.5 Å². The van der Waals surface area contributed by atoms with Crippen LogP contribution < -0.4 is 0 Å². The van der Waals surface area contributed by atoms with E-state index < -0.39 is 11.7 Å². The second-order valence-electron chi connectivity index (χ2n) is 4.21. The SMILES string of the molecule is COC(C)(C)C(O)c1ccc(F)cc1C. The molecule has 1 atom stereocenters. The van der Waals surface area contributed by atoms with Crippen molar-refractivity contribution >= 4 is 0 Å². The molecule has 3 heteroatoms. The van der Waals surface area contributed by atoms with Crippen LogP contribution >= 0.6 is 0 Å². The Hall–Kier alpha value is -0.930. The third-order valence-corrected chi connectivity index (χ3v) is 2.71. The predicted molar refractivity (Wildman–Crippen MR) is 57.2 cm³/mol. The molecule has 0 fully saturated rings. The minimum absolute atomic E-state index is 0.293. The zero-order chi connectivity index (χ0) is 11.6. The van der Waals surface area contributed by atoms with Crippen LogP contribution in [0.1, 0.15) is 31.1 Å². The molecule has 0 aliphatic carbocycles. The van der Waals surface area contributed by atoms with Gasteiger partial charge in [-0.1, -0.05) is 6.07 Å². The fourth-order valence-corrected chi connectivity index (χ4v) is 1.43. The maximum Gasteiger partial charge on any atom is 0.123 e. The average Bonchev–Trinajstić information content (AvgIpc) is 2.17. The molecule has 1 N–H and O–H groups in total. The van der Waals surface area contributed by atoms with E-state index >= 15 is 0 Å². The van der Waals surface area contributed by atoms with Crippen LogP contribution in [0, 0.1) is 12.7 Å². The molecule has 1 rings (SSSR count). The summed E-state index contributed by atoms with van der Waals surface area (Å²) >= 11 is 0. The number of hydrogen-bond donors (Lipinski definition) is 1. The number of ether oxygens (including phenoxy) is 1. The van der Waals surface area contributed by atoms with E-state index in [1.54, 1.807) is 33.9 Å². The first kappa shape index (κ1) is 12.1. The number of rotatable bonds is 3. The lowest BCUT2D eigenvalue weighted by Gasteiger charge is -2.30. The zero-order valence-corrected chi connectivity index (χ0v) is 9.54. The molecule has 0 amide bonds. The minimum atomic E-state index is -0.761. The van der Waals surface area contributed by atoms with E-state index in [4.69, 9.17) is 4.74 Å². The number of hydrogen-bond acceptors (Lipinski definition) is 2. The normalized spacial score (nSPS) is 14.0. The Morgan fingerprint density at radius 3 is 2.47 bits per heavy atom. The first-order chi connectivity index (χ1) is 6.88. The average molecular weight is 212 g/mol. The summed E-state index contributed by atoms with van der Waals surface area (Å²) in [7, 11) is 1.54. The van der Waals surface area contributed by atoms with Gasteiger partial charge in [-0.2, -0.15) is 0 Å². The molecule has 0 heterocycles. The van der Waals surface area contributed by atoms with Crippen LogP contribution in [0.3, 0.4) is 0 Å². The number of aliphatic hydroxyl groups excluding tert-OH is 1. The Labute approximate surface area is 89.7 Å². The molecule has 0 bridgehead atoms. The van der Waals surface area contributed by atoms with E-state index in [9.17, 15) is 9.50 Å². The highest BCUT2D eigenvalue weighted by Crippen LogP contribution is 2.30. The van der Waals surface area contributed by atoms with Gasteiger partial charge >= 0.3 is 0 Å². The monoisotopic (exact) mass is 212 g/mol. The summed E-state index contributed by atoms with van der Waals surface area (Å²) in [6.07, 6.45) is -0.761. The fraction of sp³-hybridized carbons (Fsp3) is 0.500. The standard InChI is InChI=1S/C12H17FO2/c1-8-7-9(13)5-6-10(8)11(14)12(2,3)15-4/h5-7,11,14H,1-4H3. The fourth-order valence-electron chi connectivity index (χ4n) is 1.43. The van der Waals surface area contributed by atoms with Crippen molar-refractivity contribution < 1.29 is 14.2 Å². The molecule has 0 aliphatic heterocycles. The van der Waals surface area contributed by atoms with Gasteiger partial charge in [0.2, 0.25) is 0 Å². The lowest BCUT2D eigenvalue weighted by molar-refractivity contribution is -0.0795. The highest BCUT2D eigenvalue weighted by molar-refractivity contribution is 5.30. The summed E-state index contributed by atoms with van der Waals surface area (Å²) in [5.41, 5.74) is 0.749. The number of methoxy groups -OCH3 is 1. The summed E-state index contributed by atoms with van der Waals surface area (Å²) in [5.74, 6) is -0.293. The molecule has 1 aromatic carbocycles. The van der Waals surface area contributed by atoms with Gasteiger partial charge in [-0.25, -0.2) is 4.39 Å². The van der Waals surface area contributed by atoms with E-state index in [1.807, 2.05) is 0 Å². The van der Waals surface area contributed by atoms with Crippen LogP contribution in [0.2, 0.25) is 0 Å².